The number of aryl methyl sites for hydroxylation is 3. The first-order valence-corrected chi connectivity index (χ1v) is 8.46. The lowest BCUT2D eigenvalue weighted by Gasteiger charge is -2.15. The van der Waals surface area contributed by atoms with Crippen LogP contribution in [0, 0.1) is 13.8 Å². The van der Waals surface area contributed by atoms with Crippen LogP contribution in [0.2, 0.25) is 0 Å². The summed E-state index contributed by atoms with van der Waals surface area (Å²) in [6.45, 7) is 4.18. The van der Waals surface area contributed by atoms with Crippen LogP contribution < -0.4 is 5.11 Å². The van der Waals surface area contributed by atoms with Crippen LogP contribution in [0.5, 0.6) is 0 Å². The van der Waals surface area contributed by atoms with E-state index in [2.05, 4.69) is 48.7 Å². The molecule has 0 bridgehead atoms. The van der Waals surface area contributed by atoms with Gasteiger partial charge in [-0.25, -0.2) is 0 Å². The lowest BCUT2D eigenvalue weighted by atomic mass is 10.1. The quantitative estimate of drug-likeness (QED) is 0.721. The van der Waals surface area contributed by atoms with E-state index >= 15 is 0 Å². The Bertz CT molecular complexity index is 831. The number of benzene rings is 1. The molecule has 0 aliphatic rings. The van der Waals surface area contributed by atoms with Crippen LogP contribution in [0.25, 0.3) is 16.3 Å². The SMILES string of the molecule is Cc1ccc(-n2c(CCC(=O)[O-])ccc2-c2cccs2)cc1C. The Morgan fingerprint density at radius 1 is 1.13 bits per heavy atom. The highest BCUT2D eigenvalue weighted by molar-refractivity contribution is 7.13. The van der Waals surface area contributed by atoms with Crippen molar-refractivity contribution in [3.8, 4) is 16.3 Å². The van der Waals surface area contributed by atoms with Crippen LogP contribution in [0.3, 0.4) is 0 Å². The molecule has 0 aliphatic heterocycles. The molecule has 0 unspecified atom stereocenters. The Hall–Kier alpha value is -2.33. The van der Waals surface area contributed by atoms with Gasteiger partial charge in [0.05, 0.1) is 10.6 Å². The number of hydrogen-bond donors (Lipinski definition) is 0. The maximum atomic E-state index is 10.8. The van der Waals surface area contributed by atoms with Crippen molar-refractivity contribution in [1.29, 1.82) is 0 Å². The van der Waals surface area contributed by atoms with Gasteiger partial charge in [0.25, 0.3) is 0 Å². The van der Waals surface area contributed by atoms with E-state index in [1.807, 2.05) is 17.5 Å². The maximum absolute atomic E-state index is 10.8. The average Bonchev–Trinajstić information content (AvgIpc) is 3.16. The molecule has 1 aromatic carbocycles. The molecule has 0 atom stereocenters. The largest absolute Gasteiger partial charge is 0.550 e. The summed E-state index contributed by atoms with van der Waals surface area (Å²) < 4.78 is 2.15. The molecule has 118 valence electrons. The molecule has 0 spiro atoms. The van der Waals surface area contributed by atoms with Gasteiger partial charge >= 0.3 is 0 Å². The zero-order valence-electron chi connectivity index (χ0n) is 13.2. The van der Waals surface area contributed by atoms with Crippen LogP contribution in [0.4, 0.5) is 0 Å². The minimum Gasteiger partial charge on any atom is -0.550 e. The van der Waals surface area contributed by atoms with Crippen molar-refractivity contribution in [1.82, 2.24) is 4.57 Å². The van der Waals surface area contributed by atoms with Gasteiger partial charge in [0.15, 0.2) is 0 Å². The smallest absolute Gasteiger partial charge is 0.0631 e. The molecule has 2 aromatic heterocycles. The number of hydrogen-bond acceptors (Lipinski definition) is 3. The van der Waals surface area contributed by atoms with Crippen molar-refractivity contribution in [2.45, 2.75) is 26.7 Å². The Morgan fingerprint density at radius 2 is 1.96 bits per heavy atom. The topological polar surface area (TPSA) is 45.1 Å². The van der Waals surface area contributed by atoms with E-state index in [9.17, 15) is 9.90 Å². The molecule has 2 heterocycles. The first kappa shape index (κ1) is 15.6. The summed E-state index contributed by atoms with van der Waals surface area (Å²) in [7, 11) is 0. The maximum Gasteiger partial charge on any atom is 0.0631 e. The van der Waals surface area contributed by atoms with Gasteiger partial charge in [-0.1, -0.05) is 12.1 Å². The number of carbonyl (C=O) groups is 1. The van der Waals surface area contributed by atoms with Gasteiger partial charge < -0.3 is 14.5 Å². The van der Waals surface area contributed by atoms with Crippen LogP contribution >= 0.6 is 11.3 Å². The standard InChI is InChI=1S/C19H19NO2S/c1-13-5-6-16(12-14(13)2)20-15(8-10-19(21)22)7-9-17(20)18-4-3-11-23-18/h3-7,9,11-12H,8,10H2,1-2H3,(H,21,22)/p-1. The molecule has 0 saturated heterocycles. The fourth-order valence-electron chi connectivity index (χ4n) is 2.69. The normalized spacial score (nSPS) is 10.9. The second-order valence-electron chi connectivity index (χ2n) is 5.66. The summed E-state index contributed by atoms with van der Waals surface area (Å²) >= 11 is 1.68. The van der Waals surface area contributed by atoms with Crippen molar-refractivity contribution < 1.29 is 9.90 Å². The van der Waals surface area contributed by atoms with E-state index in [-0.39, 0.29) is 6.42 Å². The summed E-state index contributed by atoms with van der Waals surface area (Å²) in [5.41, 5.74) is 5.61. The third kappa shape index (κ3) is 3.22. The number of aromatic nitrogens is 1. The summed E-state index contributed by atoms with van der Waals surface area (Å²) in [6.07, 6.45) is 0.485. The number of carbonyl (C=O) groups excluding carboxylic acids is 1. The second-order valence-corrected chi connectivity index (χ2v) is 6.61. The summed E-state index contributed by atoms with van der Waals surface area (Å²) in [5, 5.41) is 12.9. The van der Waals surface area contributed by atoms with E-state index in [1.165, 1.54) is 16.0 Å². The lowest BCUT2D eigenvalue weighted by molar-refractivity contribution is -0.305. The van der Waals surface area contributed by atoms with Crippen molar-refractivity contribution in [2.75, 3.05) is 0 Å². The number of thiophene rings is 1. The average molecular weight is 324 g/mol. The van der Waals surface area contributed by atoms with Gasteiger partial charge in [0, 0.05) is 17.4 Å². The van der Waals surface area contributed by atoms with Gasteiger partial charge in [-0.3, -0.25) is 0 Å². The number of nitrogens with zero attached hydrogens (tertiary/aromatic N) is 1. The molecule has 23 heavy (non-hydrogen) atoms. The van der Waals surface area contributed by atoms with Gasteiger partial charge in [-0.05, 0) is 73.5 Å². The first-order chi connectivity index (χ1) is 11.1. The molecular formula is C19H18NO2S-. The molecule has 3 rings (SSSR count). The van der Waals surface area contributed by atoms with Crippen LogP contribution in [-0.2, 0) is 11.2 Å². The fraction of sp³-hybridized carbons (Fsp3) is 0.211. The predicted octanol–water partition coefficient (Wildman–Crippen LogP) is 3.51. The third-order valence-corrected chi connectivity index (χ3v) is 4.96. The van der Waals surface area contributed by atoms with E-state index < -0.39 is 5.97 Å². The van der Waals surface area contributed by atoms with E-state index in [4.69, 9.17) is 0 Å². The van der Waals surface area contributed by atoms with Crippen molar-refractivity contribution in [2.24, 2.45) is 0 Å². The third-order valence-electron chi connectivity index (χ3n) is 4.07. The molecule has 0 amide bonds. The van der Waals surface area contributed by atoms with Gasteiger partial charge in [0.2, 0.25) is 0 Å². The first-order valence-electron chi connectivity index (χ1n) is 7.58. The van der Waals surface area contributed by atoms with Crippen molar-refractivity contribution >= 4 is 17.3 Å². The van der Waals surface area contributed by atoms with Crippen molar-refractivity contribution in [3.05, 3.63) is 64.7 Å². The number of aliphatic carboxylic acids is 1. The van der Waals surface area contributed by atoms with Crippen LogP contribution in [-0.4, -0.2) is 10.5 Å². The molecule has 3 nitrogen and oxygen atoms in total. The number of carboxylic acid groups (broad SMARTS) is 1. The molecule has 0 radical (unpaired) electrons. The van der Waals surface area contributed by atoms with Gasteiger partial charge in [-0.15, -0.1) is 11.3 Å². The molecule has 4 heteroatoms. The highest BCUT2D eigenvalue weighted by Gasteiger charge is 2.13. The Balaban J connectivity index is 2.12. The monoisotopic (exact) mass is 324 g/mol. The zero-order valence-corrected chi connectivity index (χ0v) is 14.0. The minimum absolute atomic E-state index is 0.0265. The summed E-state index contributed by atoms with van der Waals surface area (Å²) in [6, 6.07) is 14.5. The fourth-order valence-corrected chi connectivity index (χ4v) is 3.43. The van der Waals surface area contributed by atoms with Crippen LogP contribution in [0.1, 0.15) is 23.2 Å². The zero-order chi connectivity index (χ0) is 16.4. The molecule has 3 aromatic rings. The molecule has 0 N–H and O–H groups in total. The highest BCUT2D eigenvalue weighted by Crippen LogP contribution is 2.31. The van der Waals surface area contributed by atoms with Gasteiger partial charge in [0.1, 0.15) is 0 Å². The Labute approximate surface area is 139 Å². The number of rotatable bonds is 5. The van der Waals surface area contributed by atoms with E-state index in [0.717, 1.165) is 17.1 Å². The summed E-state index contributed by atoms with van der Waals surface area (Å²) in [5.74, 6) is -1.02. The molecular weight excluding hydrogens is 306 g/mol. The molecule has 0 saturated carbocycles. The van der Waals surface area contributed by atoms with Gasteiger partial charge in [-0.2, -0.15) is 0 Å². The van der Waals surface area contributed by atoms with E-state index in [0.29, 0.717) is 6.42 Å². The highest BCUT2D eigenvalue weighted by atomic mass is 32.1. The molecule has 0 fully saturated rings. The number of carboxylic acids is 1. The Kier molecular flexibility index (Phi) is 4.35. The van der Waals surface area contributed by atoms with Crippen LogP contribution in [0.15, 0.2) is 47.8 Å². The van der Waals surface area contributed by atoms with Crippen molar-refractivity contribution in [3.63, 3.8) is 0 Å². The Morgan fingerprint density at radius 3 is 2.61 bits per heavy atom. The predicted molar refractivity (Wildman–Crippen MR) is 91.9 cm³/mol. The second kappa shape index (κ2) is 6.42. The molecule has 0 aliphatic carbocycles. The summed E-state index contributed by atoms with van der Waals surface area (Å²) in [4.78, 5) is 12.0. The van der Waals surface area contributed by atoms with E-state index in [1.54, 1.807) is 11.3 Å². The minimum atomic E-state index is -1.02. The lowest BCUT2D eigenvalue weighted by Crippen LogP contribution is -2.22.